The predicted octanol–water partition coefficient (Wildman–Crippen LogP) is 3.19. The second-order valence-electron chi connectivity index (χ2n) is 4.67. The third kappa shape index (κ3) is 3.01. The number of benzene rings is 2. The second kappa shape index (κ2) is 5.77. The Labute approximate surface area is 125 Å². The van der Waals surface area contributed by atoms with E-state index in [0.717, 1.165) is 5.39 Å². The van der Waals surface area contributed by atoms with Gasteiger partial charge in [0.2, 0.25) is 0 Å². The summed E-state index contributed by atoms with van der Waals surface area (Å²) in [6, 6.07) is 10.9. The molecule has 0 saturated heterocycles. The molecule has 0 spiro atoms. The molecule has 110 valence electrons. The van der Waals surface area contributed by atoms with Crippen molar-refractivity contribution in [3.8, 4) is 11.5 Å². The van der Waals surface area contributed by atoms with Gasteiger partial charge in [0.05, 0.1) is 18.3 Å². The zero-order valence-corrected chi connectivity index (χ0v) is 11.4. The average Bonchev–Trinajstić information content (AvgIpc) is 2.49. The molecular weight excluding hydrogens is 287 g/mol. The van der Waals surface area contributed by atoms with Gasteiger partial charge in [-0.25, -0.2) is 4.39 Å². The molecule has 0 fully saturated rings. The summed E-state index contributed by atoms with van der Waals surface area (Å²) in [6.07, 6.45) is 1.35. The Bertz CT molecular complexity index is 834. The van der Waals surface area contributed by atoms with Crippen LogP contribution in [0.3, 0.4) is 0 Å². The van der Waals surface area contributed by atoms with E-state index in [1.54, 1.807) is 18.2 Å². The summed E-state index contributed by atoms with van der Waals surface area (Å²) in [5.74, 6) is -0.241. The van der Waals surface area contributed by atoms with E-state index in [9.17, 15) is 9.18 Å². The van der Waals surface area contributed by atoms with Crippen LogP contribution in [0.4, 0.5) is 4.39 Å². The number of carboxylic acids is 1. The maximum atomic E-state index is 12.9. The first-order chi connectivity index (χ1) is 10.6. The van der Waals surface area contributed by atoms with Crippen molar-refractivity contribution in [2.24, 2.45) is 0 Å². The largest absolute Gasteiger partial charge is 0.481 e. The van der Waals surface area contributed by atoms with Crippen molar-refractivity contribution in [2.45, 2.75) is 6.42 Å². The third-order valence-corrected chi connectivity index (χ3v) is 3.08. The van der Waals surface area contributed by atoms with Crippen molar-refractivity contribution >= 4 is 16.7 Å². The highest BCUT2D eigenvalue weighted by atomic mass is 19.1. The van der Waals surface area contributed by atoms with Crippen LogP contribution in [0.25, 0.3) is 10.8 Å². The molecule has 1 N–H and O–H groups in total. The molecule has 0 aliphatic rings. The molecule has 0 bridgehead atoms. The molecule has 6 heteroatoms. The van der Waals surface area contributed by atoms with Crippen LogP contribution in [0.1, 0.15) is 5.69 Å². The first-order valence-corrected chi connectivity index (χ1v) is 6.51. The summed E-state index contributed by atoms with van der Waals surface area (Å²) >= 11 is 0. The van der Waals surface area contributed by atoms with E-state index >= 15 is 0 Å². The smallest absolute Gasteiger partial charge is 0.309 e. The zero-order valence-electron chi connectivity index (χ0n) is 11.4. The highest BCUT2D eigenvalue weighted by Gasteiger charge is 2.09. The van der Waals surface area contributed by atoms with Gasteiger partial charge in [-0.1, -0.05) is 0 Å². The minimum atomic E-state index is -0.964. The standard InChI is InChI=1S/C16H11FN2O3/c17-11-1-3-12(4-2-11)22-13-5-6-14-10(7-13)9-18-19-15(14)8-16(20)21/h1-7,9H,8H2,(H,20,21). The topological polar surface area (TPSA) is 72.3 Å². The lowest BCUT2D eigenvalue weighted by molar-refractivity contribution is -0.136. The van der Waals surface area contributed by atoms with E-state index in [-0.39, 0.29) is 12.2 Å². The van der Waals surface area contributed by atoms with Crippen LogP contribution in [0.5, 0.6) is 11.5 Å². The summed E-state index contributed by atoms with van der Waals surface area (Å²) in [7, 11) is 0. The second-order valence-corrected chi connectivity index (χ2v) is 4.67. The normalized spacial score (nSPS) is 10.6. The lowest BCUT2D eigenvalue weighted by Crippen LogP contribution is -2.04. The molecule has 0 amide bonds. The molecule has 0 atom stereocenters. The summed E-state index contributed by atoms with van der Waals surface area (Å²) in [5, 5.41) is 18.0. The number of aliphatic carboxylic acids is 1. The predicted molar refractivity (Wildman–Crippen MR) is 77.4 cm³/mol. The van der Waals surface area contributed by atoms with E-state index in [4.69, 9.17) is 9.84 Å². The van der Waals surface area contributed by atoms with Crippen LogP contribution < -0.4 is 4.74 Å². The molecule has 3 aromatic rings. The van der Waals surface area contributed by atoms with Crippen molar-refractivity contribution in [1.29, 1.82) is 0 Å². The van der Waals surface area contributed by atoms with Crippen LogP contribution in [0.2, 0.25) is 0 Å². The molecular formula is C16H11FN2O3. The first kappa shape index (κ1) is 13.9. The molecule has 2 aromatic carbocycles. The van der Waals surface area contributed by atoms with Gasteiger partial charge in [-0.05, 0) is 42.5 Å². The van der Waals surface area contributed by atoms with E-state index < -0.39 is 5.97 Å². The van der Waals surface area contributed by atoms with Gasteiger partial charge in [-0.2, -0.15) is 10.2 Å². The number of carboxylic acid groups (broad SMARTS) is 1. The van der Waals surface area contributed by atoms with Crippen LogP contribution in [-0.2, 0) is 11.2 Å². The summed E-state index contributed by atoms with van der Waals surface area (Å²) < 4.78 is 18.5. The fourth-order valence-electron chi connectivity index (χ4n) is 2.10. The van der Waals surface area contributed by atoms with Crippen molar-refractivity contribution in [3.05, 3.63) is 60.2 Å². The number of aromatic nitrogens is 2. The number of fused-ring (bicyclic) bond motifs is 1. The molecule has 0 aliphatic carbocycles. The Hall–Kier alpha value is -3.02. The minimum absolute atomic E-state index is 0.192. The van der Waals surface area contributed by atoms with Gasteiger partial charge >= 0.3 is 5.97 Å². The summed E-state index contributed by atoms with van der Waals surface area (Å²) in [4.78, 5) is 10.8. The maximum Gasteiger partial charge on any atom is 0.309 e. The van der Waals surface area contributed by atoms with Gasteiger partial charge in [-0.15, -0.1) is 0 Å². The fourth-order valence-corrected chi connectivity index (χ4v) is 2.10. The quantitative estimate of drug-likeness (QED) is 0.801. The van der Waals surface area contributed by atoms with Gasteiger partial charge < -0.3 is 9.84 Å². The van der Waals surface area contributed by atoms with Crippen LogP contribution in [-0.4, -0.2) is 21.3 Å². The van der Waals surface area contributed by atoms with Crippen LogP contribution in [0.15, 0.2) is 48.7 Å². The molecule has 1 heterocycles. The lowest BCUT2D eigenvalue weighted by Gasteiger charge is -2.08. The summed E-state index contributed by atoms with van der Waals surface area (Å²) in [6.45, 7) is 0. The molecule has 3 rings (SSSR count). The fraction of sp³-hybridized carbons (Fsp3) is 0.0625. The molecule has 1 aromatic heterocycles. The monoisotopic (exact) mass is 298 g/mol. The van der Waals surface area contributed by atoms with E-state index in [1.165, 1.54) is 30.5 Å². The average molecular weight is 298 g/mol. The van der Waals surface area contributed by atoms with Gasteiger partial charge in [0.15, 0.2) is 0 Å². The van der Waals surface area contributed by atoms with E-state index in [0.29, 0.717) is 22.6 Å². The van der Waals surface area contributed by atoms with Crippen molar-refractivity contribution in [2.75, 3.05) is 0 Å². The Morgan fingerprint density at radius 2 is 1.86 bits per heavy atom. The van der Waals surface area contributed by atoms with Crippen LogP contribution in [0, 0.1) is 5.82 Å². The Kier molecular flexibility index (Phi) is 3.65. The number of ether oxygens (including phenoxy) is 1. The molecule has 22 heavy (non-hydrogen) atoms. The lowest BCUT2D eigenvalue weighted by atomic mass is 10.1. The third-order valence-electron chi connectivity index (χ3n) is 3.08. The molecule has 0 aliphatic heterocycles. The number of nitrogens with zero attached hydrogens (tertiary/aromatic N) is 2. The molecule has 5 nitrogen and oxygen atoms in total. The molecule has 0 radical (unpaired) electrons. The summed E-state index contributed by atoms with van der Waals surface area (Å²) in [5.41, 5.74) is 0.401. The number of hydrogen-bond acceptors (Lipinski definition) is 4. The molecule has 0 saturated carbocycles. The minimum Gasteiger partial charge on any atom is -0.481 e. The number of rotatable bonds is 4. The van der Waals surface area contributed by atoms with E-state index in [2.05, 4.69) is 10.2 Å². The van der Waals surface area contributed by atoms with E-state index in [1.807, 2.05) is 0 Å². The van der Waals surface area contributed by atoms with Gasteiger partial charge in [0, 0.05) is 10.8 Å². The van der Waals surface area contributed by atoms with Crippen molar-refractivity contribution < 1.29 is 19.0 Å². The van der Waals surface area contributed by atoms with Gasteiger partial charge in [0.25, 0.3) is 0 Å². The number of carbonyl (C=O) groups is 1. The number of halogens is 1. The van der Waals surface area contributed by atoms with Gasteiger partial charge in [0.1, 0.15) is 17.3 Å². The highest BCUT2D eigenvalue weighted by Crippen LogP contribution is 2.26. The SMILES string of the molecule is O=C(O)Cc1nncc2cc(Oc3ccc(F)cc3)ccc12. The Morgan fingerprint density at radius 1 is 1.14 bits per heavy atom. The Morgan fingerprint density at radius 3 is 2.59 bits per heavy atom. The Balaban J connectivity index is 1.93. The van der Waals surface area contributed by atoms with Gasteiger partial charge in [-0.3, -0.25) is 4.79 Å². The van der Waals surface area contributed by atoms with Crippen molar-refractivity contribution in [1.82, 2.24) is 10.2 Å². The van der Waals surface area contributed by atoms with Crippen molar-refractivity contribution in [3.63, 3.8) is 0 Å². The first-order valence-electron chi connectivity index (χ1n) is 6.51. The maximum absolute atomic E-state index is 12.9. The highest BCUT2D eigenvalue weighted by molar-refractivity contribution is 5.87. The van der Waals surface area contributed by atoms with Crippen LogP contribution >= 0.6 is 0 Å². The number of hydrogen-bond donors (Lipinski definition) is 1. The molecule has 0 unspecified atom stereocenters. The zero-order chi connectivity index (χ0) is 15.5.